The maximum absolute atomic E-state index is 10.9. The van der Waals surface area contributed by atoms with Crippen LogP contribution in [0.2, 0.25) is 0 Å². The van der Waals surface area contributed by atoms with Crippen LogP contribution >= 0.6 is 0 Å². The van der Waals surface area contributed by atoms with Crippen LogP contribution in [0.1, 0.15) is 63.9 Å². The topological polar surface area (TPSA) is 87.0 Å². The van der Waals surface area contributed by atoms with Crippen LogP contribution in [0.15, 0.2) is 43.0 Å². The molecule has 0 aliphatic rings. The Bertz CT molecular complexity index is 489. The summed E-state index contributed by atoms with van der Waals surface area (Å²) >= 11 is 0. The molecular formula is C22H36O5. The molecule has 0 heterocycles. The molecule has 0 aromatic heterocycles. The highest BCUT2D eigenvalue weighted by Gasteiger charge is 2.28. The maximum Gasteiger partial charge on any atom is 0.327 e. The molecule has 5 heteroatoms. The Morgan fingerprint density at radius 2 is 1.67 bits per heavy atom. The molecule has 3 N–H and O–H groups in total. The fourth-order valence-corrected chi connectivity index (χ4v) is 2.73. The number of carboxylic acids is 1. The van der Waals surface area contributed by atoms with Gasteiger partial charge in [0.05, 0.1) is 19.8 Å². The quantitative estimate of drug-likeness (QED) is 0.331. The van der Waals surface area contributed by atoms with Gasteiger partial charge in [-0.1, -0.05) is 88.8 Å². The van der Waals surface area contributed by atoms with Gasteiger partial charge < -0.3 is 20.1 Å². The number of hydrogen-bond donors (Lipinski definition) is 3. The Labute approximate surface area is 163 Å². The molecule has 1 aromatic carbocycles. The van der Waals surface area contributed by atoms with Gasteiger partial charge in [0.15, 0.2) is 0 Å². The number of unbranched alkanes of at least 4 members (excludes halogenated alkanes) is 6. The van der Waals surface area contributed by atoms with E-state index in [-0.39, 0.29) is 19.8 Å². The third kappa shape index (κ3) is 13.2. The highest BCUT2D eigenvalue weighted by Crippen LogP contribution is 2.28. The van der Waals surface area contributed by atoms with E-state index in [9.17, 15) is 9.90 Å². The smallest absolute Gasteiger partial charge is 0.327 e. The van der Waals surface area contributed by atoms with Crippen molar-refractivity contribution < 1.29 is 24.9 Å². The summed E-state index contributed by atoms with van der Waals surface area (Å²) in [6.07, 6.45) is 10.1. The number of rotatable bonds is 14. The molecule has 27 heavy (non-hydrogen) atoms. The van der Waals surface area contributed by atoms with Gasteiger partial charge in [-0.2, -0.15) is 0 Å². The number of aliphatic hydroxyl groups is 2. The van der Waals surface area contributed by atoms with E-state index in [4.69, 9.17) is 14.9 Å². The predicted molar refractivity (Wildman–Crippen MR) is 109 cm³/mol. The number of aliphatic carboxylic acids is 1. The van der Waals surface area contributed by atoms with Crippen molar-refractivity contribution in [3.8, 4) is 0 Å². The summed E-state index contributed by atoms with van der Waals surface area (Å²) in [5, 5.41) is 27.4. The van der Waals surface area contributed by atoms with Crippen molar-refractivity contribution >= 4 is 5.97 Å². The average molecular weight is 381 g/mol. The fourth-order valence-electron chi connectivity index (χ4n) is 2.73. The van der Waals surface area contributed by atoms with E-state index in [2.05, 4.69) is 13.5 Å². The molecule has 1 unspecified atom stereocenters. The van der Waals surface area contributed by atoms with E-state index >= 15 is 0 Å². The molecule has 154 valence electrons. The Morgan fingerprint density at radius 3 is 2.19 bits per heavy atom. The molecule has 0 saturated heterocycles. The molecule has 0 saturated carbocycles. The highest BCUT2D eigenvalue weighted by molar-refractivity contribution is 5.78. The summed E-state index contributed by atoms with van der Waals surface area (Å²) < 4.78 is 5.41. The molecule has 1 aromatic rings. The summed E-state index contributed by atoms with van der Waals surface area (Å²) in [4.78, 5) is 9.25. The number of aliphatic hydroxyl groups excluding tert-OH is 1. The van der Waals surface area contributed by atoms with Crippen LogP contribution in [-0.4, -0.2) is 41.1 Å². The van der Waals surface area contributed by atoms with Gasteiger partial charge in [-0.05, 0) is 12.0 Å². The van der Waals surface area contributed by atoms with Crippen LogP contribution in [0.3, 0.4) is 0 Å². The third-order valence-electron chi connectivity index (χ3n) is 4.26. The van der Waals surface area contributed by atoms with Crippen LogP contribution < -0.4 is 0 Å². The minimum Gasteiger partial charge on any atom is -0.478 e. The average Bonchev–Trinajstić information content (AvgIpc) is 2.68. The molecule has 0 radical (unpaired) electrons. The lowest BCUT2D eigenvalue weighted by Gasteiger charge is -2.28. The number of carboxylic acid groups (broad SMARTS) is 1. The van der Waals surface area contributed by atoms with Crippen LogP contribution in [0.5, 0.6) is 0 Å². The van der Waals surface area contributed by atoms with Gasteiger partial charge >= 0.3 is 5.97 Å². The first-order valence-electron chi connectivity index (χ1n) is 9.82. The van der Waals surface area contributed by atoms with Crippen molar-refractivity contribution in [1.29, 1.82) is 0 Å². The van der Waals surface area contributed by atoms with Crippen molar-refractivity contribution in [2.24, 2.45) is 0 Å². The number of ether oxygens (including phenoxy) is 1. The first-order valence-corrected chi connectivity index (χ1v) is 9.82. The maximum atomic E-state index is 10.9. The van der Waals surface area contributed by atoms with Crippen LogP contribution in [0.4, 0.5) is 0 Å². The third-order valence-corrected chi connectivity index (χ3v) is 4.26. The minimum atomic E-state index is -0.981. The number of carbonyl (C=O) groups is 1. The van der Waals surface area contributed by atoms with Crippen LogP contribution in [-0.2, 0) is 15.1 Å². The van der Waals surface area contributed by atoms with E-state index in [0.717, 1.165) is 24.5 Å². The lowest BCUT2D eigenvalue weighted by atomic mass is 9.89. The molecule has 5 nitrogen and oxygen atoms in total. The molecule has 0 aliphatic carbocycles. The highest BCUT2D eigenvalue weighted by atomic mass is 16.5. The summed E-state index contributed by atoms with van der Waals surface area (Å²) in [7, 11) is 0. The van der Waals surface area contributed by atoms with Gasteiger partial charge in [-0.25, -0.2) is 4.79 Å². The standard InChI is InChI=1S/C19H32O3.C3H4O2/c1-2-3-4-5-6-7-11-14-19(21,17-22-16-15-20)18-12-9-8-10-13-18;1-2-3(4)5/h8-10,12-13,20-21H,2-7,11,14-17H2,1H3;2H,1H2,(H,4,5). The Morgan fingerprint density at radius 1 is 1.11 bits per heavy atom. The summed E-state index contributed by atoms with van der Waals surface area (Å²) in [5.41, 5.74) is -0.0428. The van der Waals surface area contributed by atoms with Crippen LogP contribution in [0.25, 0.3) is 0 Å². The molecule has 0 bridgehead atoms. The molecule has 0 spiro atoms. The summed E-state index contributed by atoms with van der Waals surface area (Å²) in [6, 6.07) is 9.73. The summed E-state index contributed by atoms with van der Waals surface area (Å²) in [5.74, 6) is -0.981. The second-order valence-electron chi connectivity index (χ2n) is 6.59. The van der Waals surface area contributed by atoms with Crippen molar-refractivity contribution in [2.75, 3.05) is 19.8 Å². The van der Waals surface area contributed by atoms with E-state index in [1.165, 1.54) is 32.1 Å². The fraction of sp³-hybridized carbons (Fsp3) is 0.591. The molecule has 0 amide bonds. The van der Waals surface area contributed by atoms with Gasteiger partial charge in [0.1, 0.15) is 5.60 Å². The zero-order valence-electron chi connectivity index (χ0n) is 16.6. The van der Waals surface area contributed by atoms with E-state index in [0.29, 0.717) is 6.42 Å². The summed E-state index contributed by atoms with van der Waals surface area (Å²) in [6.45, 7) is 5.69. The molecule has 1 rings (SSSR count). The van der Waals surface area contributed by atoms with E-state index < -0.39 is 11.6 Å². The second kappa shape index (κ2) is 16.5. The second-order valence-corrected chi connectivity index (χ2v) is 6.59. The lowest BCUT2D eigenvalue weighted by Crippen LogP contribution is -2.32. The zero-order chi connectivity index (χ0) is 20.4. The number of benzene rings is 1. The molecule has 0 aliphatic heterocycles. The van der Waals surface area contributed by atoms with Gasteiger partial charge in [0.2, 0.25) is 0 Å². The first-order chi connectivity index (χ1) is 13.0. The van der Waals surface area contributed by atoms with Crippen molar-refractivity contribution in [3.63, 3.8) is 0 Å². The van der Waals surface area contributed by atoms with Gasteiger partial charge in [-0.3, -0.25) is 0 Å². The number of hydrogen-bond acceptors (Lipinski definition) is 4. The molecule has 0 fully saturated rings. The van der Waals surface area contributed by atoms with Crippen molar-refractivity contribution in [2.45, 2.75) is 63.9 Å². The Kier molecular flexibility index (Phi) is 15.4. The van der Waals surface area contributed by atoms with Crippen molar-refractivity contribution in [1.82, 2.24) is 0 Å². The van der Waals surface area contributed by atoms with Crippen LogP contribution in [0, 0.1) is 0 Å². The predicted octanol–water partition coefficient (Wildman–Crippen LogP) is 4.28. The van der Waals surface area contributed by atoms with E-state index in [1.807, 2.05) is 30.3 Å². The SMILES string of the molecule is C=CC(=O)O.CCCCCCCCCC(O)(COCCO)c1ccccc1. The van der Waals surface area contributed by atoms with E-state index in [1.54, 1.807) is 0 Å². The monoisotopic (exact) mass is 380 g/mol. The molecular weight excluding hydrogens is 344 g/mol. The van der Waals surface area contributed by atoms with Gasteiger partial charge in [-0.15, -0.1) is 0 Å². The van der Waals surface area contributed by atoms with Gasteiger partial charge in [0, 0.05) is 6.08 Å². The van der Waals surface area contributed by atoms with Crippen molar-refractivity contribution in [3.05, 3.63) is 48.6 Å². The van der Waals surface area contributed by atoms with Gasteiger partial charge in [0.25, 0.3) is 0 Å². The minimum absolute atomic E-state index is 0.0116. The molecule has 1 atom stereocenters. The largest absolute Gasteiger partial charge is 0.478 e. The first kappa shape index (κ1) is 25.3. The Balaban J connectivity index is 0.00000119. The lowest BCUT2D eigenvalue weighted by molar-refractivity contribution is -0.131. The zero-order valence-corrected chi connectivity index (χ0v) is 16.6. The normalized spacial score (nSPS) is 12.6. The Hall–Kier alpha value is -1.69.